The fraction of sp³-hybridized carbons (Fsp3) is 0.474. The minimum Gasteiger partial charge on any atom is -0.273 e. The first kappa shape index (κ1) is 13.7. The van der Waals surface area contributed by atoms with Crippen LogP contribution >= 0.6 is 0 Å². The molecule has 2 aromatic rings. The molecule has 114 valence electrons. The molecule has 0 spiro atoms. The molecule has 0 bridgehead atoms. The molecule has 1 aromatic carbocycles. The van der Waals surface area contributed by atoms with Crippen LogP contribution in [0.4, 0.5) is 0 Å². The van der Waals surface area contributed by atoms with E-state index in [9.17, 15) is 4.79 Å². The fourth-order valence-corrected chi connectivity index (χ4v) is 4.30. The molecule has 1 fully saturated rings. The standard InChI is InChI=1S/C19H22N2O/c1-12-17-15(11-14-18(17)19(14,2)3)21(20-12)16(22)10-9-13-7-5-4-6-8-13/h4-8,14,18H,9-11H2,1-3H3. The first-order valence-corrected chi connectivity index (χ1v) is 8.15. The van der Waals surface area contributed by atoms with Crippen LogP contribution in [0.5, 0.6) is 0 Å². The SMILES string of the molecule is Cc1nn(C(=O)CCc2ccccc2)c2c1C1C(C2)C1(C)C. The molecule has 1 heterocycles. The zero-order chi connectivity index (χ0) is 15.5. The Bertz CT molecular complexity index is 742. The summed E-state index contributed by atoms with van der Waals surface area (Å²) < 4.78 is 1.70. The Morgan fingerprint density at radius 2 is 2.05 bits per heavy atom. The molecule has 0 N–H and O–H groups in total. The summed E-state index contributed by atoms with van der Waals surface area (Å²) in [5, 5.41) is 4.55. The Labute approximate surface area is 131 Å². The number of hydrogen-bond donors (Lipinski definition) is 0. The highest BCUT2D eigenvalue weighted by atomic mass is 16.2. The Kier molecular flexibility index (Phi) is 2.84. The van der Waals surface area contributed by atoms with Crippen LogP contribution in [0.2, 0.25) is 0 Å². The van der Waals surface area contributed by atoms with Crippen molar-refractivity contribution in [2.24, 2.45) is 11.3 Å². The highest BCUT2D eigenvalue weighted by Gasteiger charge is 2.63. The summed E-state index contributed by atoms with van der Waals surface area (Å²) in [6, 6.07) is 10.2. The van der Waals surface area contributed by atoms with Gasteiger partial charge in [-0.1, -0.05) is 44.2 Å². The van der Waals surface area contributed by atoms with Gasteiger partial charge < -0.3 is 0 Å². The summed E-state index contributed by atoms with van der Waals surface area (Å²) in [6.07, 6.45) is 2.33. The quantitative estimate of drug-likeness (QED) is 0.864. The molecule has 2 unspecified atom stereocenters. The predicted molar refractivity (Wildman–Crippen MR) is 86.1 cm³/mol. The van der Waals surface area contributed by atoms with Crippen molar-refractivity contribution < 1.29 is 4.79 Å². The summed E-state index contributed by atoms with van der Waals surface area (Å²) >= 11 is 0. The third-order valence-electron chi connectivity index (χ3n) is 5.69. The maximum Gasteiger partial charge on any atom is 0.247 e. The molecule has 0 radical (unpaired) electrons. The lowest BCUT2D eigenvalue weighted by Gasteiger charge is -2.10. The van der Waals surface area contributed by atoms with Crippen LogP contribution in [0.25, 0.3) is 0 Å². The van der Waals surface area contributed by atoms with Gasteiger partial charge in [-0.05, 0) is 42.6 Å². The Hall–Kier alpha value is -1.90. The lowest BCUT2D eigenvalue weighted by Crippen LogP contribution is -2.17. The van der Waals surface area contributed by atoms with Gasteiger partial charge in [0.25, 0.3) is 0 Å². The Morgan fingerprint density at radius 3 is 2.77 bits per heavy atom. The zero-order valence-electron chi connectivity index (χ0n) is 13.5. The van der Waals surface area contributed by atoms with Crippen LogP contribution in [0, 0.1) is 18.3 Å². The van der Waals surface area contributed by atoms with E-state index in [0.717, 1.165) is 18.5 Å². The van der Waals surface area contributed by atoms with Crippen LogP contribution in [0.1, 0.15) is 53.5 Å². The molecule has 2 atom stereocenters. The molecular formula is C19H22N2O. The molecule has 1 saturated carbocycles. The maximum absolute atomic E-state index is 12.6. The zero-order valence-corrected chi connectivity index (χ0v) is 13.5. The molecule has 22 heavy (non-hydrogen) atoms. The average molecular weight is 294 g/mol. The van der Waals surface area contributed by atoms with Crippen molar-refractivity contribution in [1.82, 2.24) is 9.78 Å². The van der Waals surface area contributed by atoms with Crippen molar-refractivity contribution in [3.8, 4) is 0 Å². The number of benzene rings is 1. The fourth-order valence-electron chi connectivity index (χ4n) is 4.30. The summed E-state index contributed by atoms with van der Waals surface area (Å²) in [7, 11) is 0. The van der Waals surface area contributed by atoms with Crippen LogP contribution in [0.15, 0.2) is 30.3 Å². The van der Waals surface area contributed by atoms with E-state index in [-0.39, 0.29) is 5.91 Å². The lowest BCUT2D eigenvalue weighted by molar-refractivity contribution is 0.0882. The number of aryl methyl sites for hydroxylation is 2. The van der Waals surface area contributed by atoms with E-state index in [1.54, 1.807) is 4.68 Å². The summed E-state index contributed by atoms with van der Waals surface area (Å²) in [5.74, 6) is 1.47. The van der Waals surface area contributed by atoms with Crippen LogP contribution < -0.4 is 0 Å². The number of carbonyl (C=O) groups excluding carboxylic acids is 1. The summed E-state index contributed by atoms with van der Waals surface area (Å²) in [6.45, 7) is 6.72. The largest absolute Gasteiger partial charge is 0.273 e. The smallest absolute Gasteiger partial charge is 0.247 e. The molecule has 0 amide bonds. The van der Waals surface area contributed by atoms with E-state index in [1.807, 2.05) is 18.2 Å². The van der Waals surface area contributed by atoms with Gasteiger partial charge in [0.2, 0.25) is 5.91 Å². The van der Waals surface area contributed by atoms with E-state index in [4.69, 9.17) is 0 Å². The van der Waals surface area contributed by atoms with Crippen molar-refractivity contribution in [3.63, 3.8) is 0 Å². The predicted octanol–water partition coefficient (Wildman–Crippen LogP) is 3.76. The number of carbonyl (C=O) groups is 1. The van der Waals surface area contributed by atoms with Gasteiger partial charge in [0, 0.05) is 12.0 Å². The number of rotatable bonds is 3. The number of fused-ring (bicyclic) bond motifs is 3. The third-order valence-corrected chi connectivity index (χ3v) is 5.69. The van der Waals surface area contributed by atoms with Gasteiger partial charge in [-0.3, -0.25) is 4.79 Å². The van der Waals surface area contributed by atoms with E-state index < -0.39 is 0 Å². The normalized spacial score (nSPS) is 24.0. The summed E-state index contributed by atoms with van der Waals surface area (Å²) in [5.41, 5.74) is 5.22. The van der Waals surface area contributed by atoms with Gasteiger partial charge in [-0.2, -0.15) is 5.10 Å². The Morgan fingerprint density at radius 1 is 1.32 bits per heavy atom. The minimum atomic E-state index is 0.132. The minimum absolute atomic E-state index is 0.132. The van der Waals surface area contributed by atoms with Crippen molar-refractivity contribution in [2.75, 3.05) is 0 Å². The van der Waals surface area contributed by atoms with E-state index in [1.165, 1.54) is 16.8 Å². The second-order valence-corrected chi connectivity index (χ2v) is 7.35. The maximum atomic E-state index is 12.6. The highest BCUT2D eigenvalue weighted by molar-refractivity contribution is 5.80. The van der Waals surface area contributed by atoms with Gasteiger partial charge in [-0.25, -0.2) is 4.68 Å². The Balaban J connectivity index is 1.54. The number of aromatic nitrogens is 2. The molecule has 0 aliphatic heterocycles. The summed E-state index contributed by atoms with van der Waals surface area (Å²) in [4.78, 5) is 12.6. The van der Waals surface area contributed by atoms with Crippen LogP contribution in [-0.4, -0.2) is 15.7 Å². The first-order chi connectivity index (χ1) is 10.5. The average Bonchev–Trinajstić information content (AvgIpc) is 2.86. The topological polar surface area (TPSA) is 34.9 Å². The van der Waals surface area contributed by atoms with Gasteiger partial charge in [0.1, 0.15) is 0 Å². The molecule has 3 heteroatoms. The monoisotopic (exact) mass is 294 g/mol. The van der Waals surface area contributed by atoms with Crippen molar-refractivity contribution in [1.29, 1.82) is 0 Å². The number of hydrogen-bond acceptors (Lipinski definition) is 2. The molecule has 2 aliphatic carbocycles. The van der Waals surface area contributed by atoms with Crippen molar-refractivity contribution in [2.45, 2.75) is 46.0 Å². The van der Waals surface area contributed by atoms with Crippen LogP contribution in [-0.2, 0) is 12.8 Å². The van der Waals surface area contributed by atoms with Gasteiger partial charge in [0.05, 0.1) is 11.4 Å². The third kappa shape index (κ3) is 1.88. The van der Waals surface area contributed by atoms with Crippen molar-refractivity contribution in [3.05, 3.63) is 52.8 Å². The van der Waals surface area contributed by atoms with Gasteiger partial charge in [-0.15, -0.1) is 0 Å². The molecule has 4 rings (SSSR count). The molecule has 3 nitrogen and oxygen atoms in total. The molecule has 1 aromatic heterocycles. The molecule has 0 saturated heterocycles. The van der Waals surface area contributed by atoms with Crippen molar-refractivity contribution >= 4 is 5.91 Å². The molecule has 2 aliphatic rings. The van der Waals surface area contributed by atoms with Gasteiger partial charge in [0.15, 0.2) is 0 Å². The van der Waals surface area contributed by atoms with E-state index in [2.05, 4.69) is 38.0 Å². The number of nitrogens with zero attached hydrogens (tertiary/aromatic N) is 2. The van der Waals surface area contributed by atoms with Crippen LogP contribution in [0.3, 0.4) is 0 Å². The lowest BCUT2D eigenvalue weighted by atomic mass is 9.98. The second kappa shape index (κ2) is 4.55. The second-order valence-electron chi connectivity index (χ2n) is 7.35. The first-order valence-electron chi connectivity index (χ1n) is 8.15. The molecular weight excluding hydrogens is 272 g/mol. The van der Waals surface area contributed by atoms with E-state index in [0.29, 0.717) is 23.7 Å². The van der Waals surface area contributed by atoms with Gasteiger partial charge >= 0.3 is 0 Å². The highest BCUT2D eigenvalue weighted by Crippen LogP contribution is 2.70. The van der Waals surface area contributed by atoms with E-state index >= 15 is 0 Å².